The number of benzene rings is 1. The van der Waals surface area contributed by atoms with E-state index in [0.29, 0.717) is 43.7 Å². The number of nitrogens with one attached hydrogen (secondary N) is 1. The number of hydrogen-bond donors (Lipinski definition) is 1. The molecule has 7 heteroatoms. The van der Waals surface area contributed by atoms with Crippen LogP contribution in [0.5, 0.6) is 0 Å². The van der Waals surface area contributed by atoms with Crippen LogP contribution in [0.3, 0.4) is 0 Å². The standard InChI is InChI=1S/C20H25NO6/c1-4-20(5-2)26-18(23)16(19(24)27-20)13-21-15-9-7-14(8-10-15)17(22)11-12-25-6-3/h7-10,13,21H,4-6,11-12H2,1-3H3. The molecule has 27 heavy (non-hydrogen) atoms. The normalized spacial score (nSPS) is 15.7. The van der Waals surface area contributed by atoms with Crippen molar-refractivity contribution in [3.05, 3.63) is 41.6 Å². The van der Waals surface area contributed by atoms with Crippen molar-refractivity contribution >= 4 is 23.4 Å². The van der Waals surface area contributed by atoms with Crippen LogP contribution in [0.4, 0.5) is 5.69 Å². The van der Waals surface area contributed by atoms with Gasteiger partial charge in [0.25, 0.3) is 5.79 Å². The van der Waals surface area contributed by atoms with Gasteiger partial charge in [-0.2, -0.15) is 0 Å². The van der Waals surface area contributed by atoms with Gasteiger partial charge in [-0.1, -0.05) is 13.8 Å². The molecule has 0 saturated carbocycles. The van der Waals surface area contributed by atoms with Gasteiger partial charge >= 0.3 is 11.9 Å². The lowest BCUT2D eigenvalue weighted by molar-refractivity contribution is -0.237. The summed E-state index contributed by atoms with van der Waals surface area (Å²) < 4.78 is 15.8. The van der Waals surface area contributed by atoms with Crippen molar-refractivity contribution in [1.82, 2.24) is 0 Å². The second-order valence-corrected chi connectivity index (χ2v) is 6.05. The number of ether oxygens (including phenoxy) is 3. The van der Waals surface area contributed by atoms with E-state index in [9.17, 15) is 14.4 Å². The number of cyclic esters (lactones) is 2. The van der Waals surface area contributed by atoms with Gasteiger partial charge in [0.15, 0.2) is 11.4 Å². The highest BCUT2D eigenvalue weighted by atomic mass is 16.7. The van der Waals surface area contributed by atoms with Crippen LogP contribution in [0.25, 0.3) is 0 Å². The number of esters is 2. The minimum atomic E-state index is -1.19. The van der Waals surface area contributed by atoms with Crippen molar-refractivity contribution in [2.75, 3.05) is 18.5 Å². The Kier molecular flexibility index (Phi) is 7.12. The molecule has 2 rings (SSSR count). The van der Waals surface area contributed by atoms with Gasteiger partial charge in [0, 0.05) is 43.3 Å². The Hall–Kier alpha value is -2.67. The van der Waals surface area contributed by atoms with Crippen molar-refractivity contribution < 1.29 is 28.6 Å². The van der Waals surface area contributed by atoms with Crippen molar-refractivity contribution in [2.45, 2.75) is 45.8 Å². The molecule has 1 aromatic carbocycles. The second-order valence-electron chi connectivity index (χ2n) is 6.05. The molecule has 0 amide bonds. The lowest BCUT2D eigenvalue weighted by Crippen LogP contribution is -2.45. The molecular weight excluding hydrogens is 350 g/mol. The zero-order valence-corrected chi connectivity index (χ0v) is 15.9. The fraction of sp³-hybridized carbons (Fsp3) is 0.450. The molecule has 7 nitrogen and oxygen atoms in total. The molecule has 0 aromatic heterocycles. The van der Waals surface area contributed by atoms with Gasteiger partial charge < -0.3 is 19.5 Å². The van der Waals surface area contributed by atoms with Gasteiger partial charge in [-0.15, -0.1) is 0 Å². The molecule has 1 fully saturated rings. The molecule has 0 bridgehead atoms. The van der Waals surface area contributed by atoms with Crippen LogP contribution in [0.15, 0.2) is 36.0 Å². The van der Waals surface area contributed by atoms with E-state index >= 15 is 0 Å². The lowest BCUT2D eigenvalue weighted by Gasteiger charge is -2.34. The summed E-state index contributed by atoms with van der Waals surface area (Å²) in [7, 11) is 0. The third-order valence-corrected chi connectivity index (χ3v) is 4.34. The summed E-state index contributed by atoms with van der Waals surface area (Å²) in [5, 5.41) is 2.86. The van der Waals surface area contributed by atoms with Gasteiger partial charge in [-0.25, -0.2) is 9.59 Å². The smallest absolute Gasteiger partial charge is 0.350 e. The van der Waals surface area contributed by atoms with E-state index < -0.39 is 17.7 Å². The van der Waals surface area contributed by atoms with E-state index in [1.165, 1.54) is 6.20 Å². The Labute approximate surface area is 158 Å². The highest BCUT2D eigenvalue weighted by Gasteiger charge is 2.43. The minimum Gasteiger partial charge on any atom is -0.419 e. The molecule has 0 atom stereocenters. The summed E-state index contributed by atoms with van der Waals surface area (Å²) in [5.74, 6) is -2.63. The van der Waals surface area contributed by atoms with E-state index in [4.69, 9.17) is 14.2 Å². The van der Waals surface area contributed by atoms with Gasteiger partial charge in [0.05, 0.1) is 6.61 Å². The van der Waals surface area contributed by atoms with Gasteiger partial charge in [0.2, 0.25) is 0 Å². The van der Waals surface area contributed by atoms with Crippen LogP contribution in [-0.4, -0.2) is 36.7 Å². The zero-order chi connectivity index (χ0) is 19.9. The lowest BCUT2D eigenvalue weighted by atomic mass is 10.1. The molecule has 146 valence electrons. The van der Waals surface area contributed by atoms with E-state index in [1.54, 1.807) is 38.1 Å². The van der Waals surface area contributed by atoms with Crippen molar-refractivity contribution in [3.63, 3.8) is 0 Å². The fourth-order valence-electron chi connectivity index (χ4n) is 2.57. The first-order valence-corrected chi connectivity index (χ1v) is 9.09. The summed E-state index contributed by atoms with van der Waals surface area (Å²) in [6.45, 7) is 6.42. The molecule has 0 spiro atoms. The molecule has 1 saturated heterocycles. The Balaban J connectivity index is 2.00. The molecule has 0 aliphatic carbocycles. The zero-order valence-electron chi connectivity index (χ0n) is 15.9. The van der Waals surface area contributed by atoms with Crippen LogP contribution in [0.2, 0.25) is 0 Å². The van der Waals surface area contributed by atoms with E-state index in [-0.39, 0.29) is 11.4 Å². The molecule has 1 heterocycles. The largest absolute Gasteiger partial charge is 0.419 e. The first kappa shape index (κ1) is 20.6. The number of hydrogen-bond acceptors (Lipinski definition) is 7. The maximum Gasteiger partial charge on any atom is 0.350 e. The molecule has 1 N–H and O–H groups in total. The third-order valence-electron chi connectivity index (χ3n) is 4.34. The maximum absolute atomic E-state index is 12.1. The predicted octanol–water partition coefficient (Wildman–Crippen LogP) is 3.21. The summed E-state index contributed by atoms with van der Waals surface area (Å²) in [6, 6.07) is 6.72. The maximum atomic E-state index is 12.1. The Morgan fingerprint density at radius 1 is 1.07 bits per heavy atom. The van der Waals surface area contributed by atoms with Crippen LogP contribution in [0.1, 0.15) is 50.4 Å². The van der Waals surface area contributed by atoms with E-state index in [1.807, 2.05) is 6.92 Å². The molecule has 1 aliphatic rings. The molecule has 0 unspecified atom stereocenters. The molecule has 1 aromatic rings. The van der Waals surface area contributed by atoms with Gasteiger partial charge in [-0.05, 0) is 31.2 Å². The van der Waals surface area contributed by atoms with Gasteiger partial charge in [-0.3, -0.25) is 4.79 Å². The number of carbonyl (C=O) groups is 3. The average Bonchev–Trinajstić information content (AvgIpc) is 2.67. The topological polar surface area (TPSA) is 90.9 Å². The molecular formula is C20H25NO6. The number of anilines is 1. The van der Waals surface area contributed by atoms with Crippen molar-refractivity contribution in [1.29, 1.82) is 0 Å². The third kappa shape index (κ3) is 5.17. The molecule has 0 radical (unpaired) electrons. The Morgan fingerprint density at radius 3 is 2.19 bits per heavy atom. The number of ketones is 1. The summed E-state index contributed by atoms with van der Waals surface area (Å²) in [5.41, 5.74) is 0.983. The number of rotatable bonds is 9. The van der Waals surface area contributed by atoms with Gasteiger partial charge in [0.1, 0.15) is 0 Å². The van der Waals surface area contributed by atoms with Crippen LogP contribution in [0, 0.1) is 0 Å². The minimum absolute atomic E-state index is 0.0109. The first-order chi connectivity index (χ1) is 12.9. The number of Topliss-reactive ketones (excluding diaryl/α,β-unsaturated/α-hetero) is 1. The Morgan fingerprint density at radius 2 is 1.67 bits per heavy atom. The van der Waals surface area contributed by atoms with Crippen LogP contribution >= 0.6 is 0 Å². The van der Waals surface area contributed by atoms with E-state index in [2.05, 4.69) is 5.32 Å². The van der Waals surface area contributed by atoms with E-state index in [0.717, 1.165) is 0 Å². The van der Waals surface area contributed by atoms with Crippen molar-refractivity contribution in [2.24, 2.45) is 0 Å². The monoisotopic (exact) mass is 375 g/mol. The Bertz CT molecular complexity index is 696. The molecule has 1 aliphatic heterocycles. The van der Waals surface area contributed by atoms with Crippen molar-refractivity contribution in [3.8, 4) is 0 Å². The fourth-order valence-corrected chi connectivity index (χ4v) is 2.57. The predicted molar refractivity (Wildman–Crippen MR) is 99.1 cm³/mol. The van der Waals surface area contributed by atoms with Crippen LogP contribution in [-0.2, 0) is 23.8 Å². The summed E-state index contributed by atoms with van der Waals surface area (Å²) >= 11 is 0. The quantitative estimate of drug-likeness (QED) is 0.233. The summed E-state index contributed by atoms with van der Waals surface area (Å²) in [6.07, 6.45) is 2.35. The summed E-state index contributed by atoms with van der Waals surface area (Å²) in [4.78, 5) is 36.3. The SMILES string of the molecule is CCOCCC(=O)c1ccc(NC=C2C(=O)OC(CC)(CC)OC2=O)cc1. The van der Waals surface area contributed by atoms with Crippen LogP contribution < -0.4 is 5.32 Å². The highest BCUT2D eigenvalue weighted by molar-refractivity contribution is 6.15. The average molecular weight is 375 g/mol. The second kappa shape index (κ2) is 9.32. The highest BCUT2D eigenvalue weighted by Crippen LogP contribution is 2.29. The number of carbonyl (C=O) groups excluding carboxylic acids is 3. The first-order valence-electron chi connectivity index (χ1n) is 9.09.